The van der Waals surface area contributed by atoms with Crippen LogP contribution in [-0.2, 0) is 11.2 Å². The monoisotopic (exact) mass is 426 g/mol. The van der Waals surface area contributed by atoms with Gasteiger partial charge >= 0.3 is 0 Å². The van der Waals surface area contributed by atoms with E-state index in [9.17, 15) is 4.39 Å². The largest absolute Gasteiger partial charge is 0.377 e. The Bertz CT molecular complexity index is 1300. The molecule has 1 heterocycles. The first-order chi connectivity index (χ1) is 15.5. The lowest BCUT2D eigenvalue weighted by atomic mass is 9.69. The fourth-order valence-corrected chi connectivity index (χ4v) is 4.90. The molecule has 2 atom stereocenters. The van der Waals surface area contributed by atoms with Gasteiger partial charge in [0.15, 0.2) is 0 Å². The molecule has 4 aromatic rings. The molecule has 5 rings (SSSR count). The van der Waals surface area contributed by atoms with Crippen molar-refractivity contribution in [3.05, 3.63) is 101 Å². The third-order valence-corrected chi connectivity index (χ3v) is 6.93. The first-order valence-corrected chi connectivity index (χ1v) is 11.0. The van der Waals surface area contributed by atoms with Crippen LogP contribution in [0.2, 0.25) is 0 Å². The van der Waals surface area contributed by atoms with E-state index in [2.05, 4.69) is 67.5 Å². The molecule has 0 N–H and O–H groups in total. The SMILES string of the molecule is COC(C[C@@]1(C)Cc2cnn(-c3ccc(F)cc3)c2C=C1C)c1cccc2ccccc12. The maximum atomic E-state index is 13.4. The maximum absolute atomic E-state index is 13.4. The van der Waals surface area contributed by atoms with Crippen LogP contribution in [0.15, 0.2) is 78.5 Å². The van der Waals surface area contributed by atoms with Crippen LogP contribution in [0.5, 0.6) is 0 Å². The molecule has 0 bridgehead atoms. The second-order valence-corrected chi connectivity index (χ2v) is 9.00. The summed E-state index contributed by atoms with van der Waals surface area (Å²) >= 11 is 0. The zero-order chi connectivity index (χ0) is 22.3. The molecule has 32 heavy (non-hydrogen) atoms. The zero-order valence-electron chi connectivity index (χ0n) is 18.7. The number of allylic oxidation sites excluding steroid dienone is 1. The fraction of sp³-hybridized carbons (Fsp3) is 0.250. The summed E-state index contributed by atoms with van der Waals surface area (Å²) in [5.74, 6) is -0.242. The molecule has 0 amide bonds. The summed E-state index contributed by atoms with van der Waals surface area (Å²) in [5.41, 5.74) is 5.62. The van der Waals surface area contributed by atoms with E-state index in [-0.39, 0.29) is 17.3 Å². The van der Waals surface area contributed by atoms with E-state index in [0.717, 1.165) is 24.2 Å². The summed E-state index contributed by atoms with van der Waals surface area (Å²) in [5, 5.41) is 7.09. The van der Waals surface area contributed by atoms with Gasteiger partial charge in [-0.15, -0.1) is 0 Å². The number of aromatic nitrogens is 2. The molecule has 0 fully saturated rings. The standard InChI is InChI=1S/C28H27FN2O/c1-19-15-26-21(18-30-31(26)23-13-11-22(29)12-14-23)16-28(19,2)17-27(32-3)25-10-6-8-20-7-4-5-9-24(20)25/h4-15,18,27H,16-17H2,1-3H3/t27?,28-/m1/s1. The Hall–Kier alpha value is -3.24. The molecule has 162 valence electrons. The van der Waals surface area contributed by atoms with E-state index in [1.54, 1.807) is 19.2 Å². The van der Waals surface area contributed by atoms with Crippen molar-refractivity contribution in [1.29, 1.82) is 0 Å². The van der Waals surface area contributed by atoms with Gasteiger partial charge in [0.1, 0.15) is 5.82 Å². The van der Waals surface area contributed by atoms with Crippen LogP contribution >= 0.6 is 0 Å². The minimum Gasteiger partial charge on any atom is -0.377 e. The minimum absolute atomic E-state index is 0.0110. The van der Waals surface area contributed by atoms with Crippen LogP contribution in [0.4, 0.5) is 4.39 Å². The van der Waals surface area contributed by atoms with E-state index in [1.165, 1.54) is 39.6 Å². The van der Waals surface area contributed by atoms with Crippen LogP contribution in [0.3, 0.4) is 0 Å². The average Bonchev–Trinajstić information content (AvgIpc) is 3.20. The van der Waals surface area contributed by atoms with E-state index in [0.29, 0.717) is 0 Å². The number of hydrogen-bond acceptors (Lipinski definition) is 2. The van der Waals surface area contributed by atoms with E-state index < -0.39 is 0 Å². The topological polar surface area (TPSA) is 27.1 Å². The van der Waals surface area contributed by atoms with Gasteiger partial charge in [0.25, 0.3) is 0 Å². The van der Waals surface area contributed by atoms with Crippen LogP contribution in [0.1, 0.15) is 43.2 Å². The Morgan fingerprint density at radius 1 is 1.06 bits per heavy atom. The van der Waals surface area contributed by atoms with Gasteiger partial charge in [0.2, 0.25) is 0 Å². The normalized spacial score (nSPS) is 18.9. The molecule has 0 saturated carbocycles. The lowest BCUT2D eigenvalue weighted by Gasteiger charge is -2.37. The number of ether oxygens (including phenoxy) is 1. The number of rotatable bonds is 5. The number of nitrogens with zero attached hydrogens (tertiary/aromatic N) is 2. The highest BCUT2D eigenvalue weighted by Crippen LogP contribution is 2.46. The molecular weight excluding hydrogens is 399 g/mol. The van der Waals surface area contributed by atoms with Gasteiger partial charge in [-0.3, -0.25) is 0 Å². The smallest absolute Gasteiger partial charge is 0.123 e. The Morgan fingerprint density at radius 3 is 2.59 bits per heavy atom. The molecule has 3 nitrogen and oxygen atoms in total. The summed E-state index contributed by atoms with van der Waals surface area (Å²) in [6.07, 6.45) is 5.92. The predicted octanol–water partition coefficient (Wildman–Crippen LogP) is 6.91. The molecule has 0 spiro atoms. The van der Waals surface area contributed by atoms with E-state index >= 15 is 0 Å². The van der Waals surface area contributed by atoms with Gasteiger partial charge in [-0.1, -0.05) is 55.0 Å². The highest BCUT2D eigenvalue weighted by Gasteiger charge is 2.36. The highest BCUT2D eigenvalue weighted by atomic mass is 19.1. The van der Waals surface area contributed by atoms with Crippen LogP contribution in [-0.4, -0.2) is 16.9 Å². The van der Waals surface area contributed by atoms with Crippen LogP contribution < -0.4 is 0 Å². The van der Waals surface area contributed by atoms with Crippen molar-refractivity contribution in [3.63, 3.8) is 0 Å². The minimum atomic E-state index is -0.242. The van der Waals surface area contributed by atoms with Crippen LogP contribution in [0.25, 0.3) is 22.5 Å². The summed E-state index contributed by atoms with van der Waals surface area (Å²) in [4.78, 5) is 0. The third-order valence-electron chi connectivity index (χ3n) is 6.93. The molecule has 0 aliphatic heterocycles. The molecular formula is C28H27FN2O. The first kappa shape index (κ1) is 20.7. The molecule has 1 aliphatic rings. The Morgan fingerprint density at radius 2 is 1.81 bits per heavy atom. The van der Waals surface area contributed by atoms with E-state index in [1.807, 2.05) is 10.9 Å². The van der Waals surface area contributed by atoms with Crippen molar-refractivity contribution in [1.82, 2.24) is 9.78 Å². The van der Waals surface area contributed by atoms with Crippen molar-refractivity contribution in [3.8, 4) is 5.69 Å². The Kier molecular flexibility index (Phi) is 5.18. The van der Waals surface area contributed by atoms with Crippen molar-refractivity contribution < 1.29 is 9.13 Å². The summed E-state index contributed by atoms with van der Waals surface area (Å²) in [7, 11) is 1.80. The first-order valence-electron chi connectivity index (χ1n) is 11.0. The molecule has 1 aromatic heterocycles. The second-order valence-electron chi connectivity index (χ2n) is 9.00. The van der Waals surface area contributed by atoms with Gasteiger partial charge in [-0.2, -0.15) is 5.10 Å². The third kappa shape index (κ3) is 3.55. The van der Waals surface area contributed by atoms with Gasteiger partial charge in [0, 0.05) is 7.11 Å². The molecule has 0 radical (unpaired) electrons. The van der Waals surface area contributed by atoms with Gasteiger partial charge in [-0.25, -0.2) is 9.07 Å². The number of hydrogen-bond donors (Lipinski definition) is 0. The Labute approximate surface area is 188 Å². The van der Waals surface area contributed by atoms with Gasteiger partial charge in [-0.05, 0) is 77.4 Å². The molecule has 1 unspecified atom stereocenters. The summed E-state index contributed by atoms with van der Waals surface area (Å²) < 4.78 is 21.3. The molecule has 3 aromatic carbocycles. The van der Waals surface area contributed by atoms with Crippen molar-refractivity contribution in [2.75, 3.05) is 7.11 Å². The van der Waals surface area contributed by atoms with Crippen LogP contribution in [0, 0.1) is 11.2 Å². The summed E-state index contributed by atoms with van der Waals surface area (Å²) in [6, 6.07) is 21.4. The van der Waals surface area contributed by atoms with Crippen molar-refractivity contribution >= 4 is 16.8 Å². The second kappa shape index (κ2) is 8.03. The lowest BCUT2D eigenvalue weighted by Crippen LogP contribution is -2.27. The van der Waals surface area contributed by atoms with Crippen molar-refractivity contribution in [2.24, 2.45) is 5.41 Å². The predicted molar refractivity (Wildman–Crippen MR) is 127 cm³/mol. The molecule has 0 saturated heterocycles. The van der Waals surface area contributed by atoms with Gasteiger partial charge < -0.3 is 4.74 Å². The highest BCUT2D eigenvalue weighted by molar-refractivity contribution is 5.86. The average molecular weight is 427 g/mol. The van der Waals surface area contributed by atoms with Gasteiger partial charge in [0.05, 0.1) is 23.7 Å². The van der Waals surface area contributed by atoms with E-state index in [4.69, 9.17) is 4.74 Å². The maximum Gasteiger partial charge on any atom is 0.123 e. The quantitative estimate of drug-likeness (QED) is 0.347. The summed E-state index contributed by atoms with van der Waals surface area (Å²) in [6.45, 7) is 4.51. The van der Waals surface area contributed by atoms with Crippen molar-refractivity contribution in [2.45, 2.75) is 32.8 Å². The number of fused-ring (bicyclic) bond motifs is 2. The molecule has 1 aliphatic carbocycles. The zero-order valence-corrected chi connectivity index (χ0v) is 18.7. The number of methoxy groups -OCH3 is 1. The lowest BCUT2D eigenvalue weighted by molar-refractivity contribution is 0.0665. The Balaban J connectivity index is 1.48. The number of benzene rings is 3. The fourth-order valence-electron chi connectivity index (χ4n) is 4.90. The number of halogens is 1. The molecule has 4 heteroatoms.